The van der Waals surface area contributed by atoms with E-state index in [2.05, 4.69) is 13.2 Å². The lowest BCUT2D eigenvalue weighted by Crippen LogP contribution is -2.37. The van der Waals surface area contributed by atoms with E-state index in [0.29, 0.717) is 6.61 Å². The van der Waals surface area contributed by atoms with Gasteiger partial charge in [-0.05, 0) is 27.7 Å². The molecule has 0 aliphatic rings. The van der Waals surface area contributed by atoms with E-state index in [4.69, 9.17) is 39.7 Å². The molecule has 0 aliphatic heterocycles. The Hall–Kier alpha value is -1.82. The Labute approximate surface area is 165 Å². The molecule has 0 aromatic carbocycles. The van der Waals surface area contributed by atoms with Crippen LogP contribution in [-0.4, -0.2) is 83.1 Å². The van der Waals surface area contributed by atoms with Crippen LogP contribution in [0.5, 0.6) is 0 Å². The van der Waals surface area contributed by atoms with E-state index in [0.717, 1.165) is 6.08 Å². The molecule has 0 saturated carbocycles. The monoisotopic (exact) mass is 410 g/mol. The van der Waals surface area contributed by atoms with Crippen molar-refractivity contribution in [3.05, 3.63) is 24.8 Å². The Morgan fingerprint density at radius 3 is 1.64 bits per heavy atom. The molecule has 0 aromatic rings. The zero-order valence-electron chi connectivity index (χ0n) is 17.0. The molecule has 0 saturated heterocycles. The summed E-state index contributed by atoms with van der Waals surface area (Å²) in [6.07, 6.45) is 0.0928. The van der Waals surface area contributed by atoms with Gasteiger partial charge in [0.05, 0.1) is 31.8 Å². The first-order valence-corrected chi connectivity index (χ1v) is 8.41. The Morgan fingerprint density at radius 1 is 1.04 bits per heavy atom. The van der Waals surface area contributed by atoms with E-state index in [9.17, 15) is 9.59 Å². The number of aliphatic hydroxyl groups is 4. The number of rotatable bonds is 11. The van der Waals surface area contributed by atoms with Crippen LogP contribution in [0.1, 0.15) is 27.7 Å². The summed E-state index contributed by atoms with van der Waals surface area (Å²) in [5, 5.41) is 41.9. The van der Waals surface area contributed by atoms with Gasteiger partial charge in [-0.1, -0.05) is 13.2 Å². The van der Waals surface area contributed by atoms with Crippen LogP contribution in [0.2, 0.25) is 0 Å². The number of carbonyl (C=O) groups excluding carboxylic acids is 1. The van der Waals surface area contributed by atoms with E-state index < -0.39 is 50.1 Å². The molecule has 2 unspecified atom stereocenters. The second-order valence-electron chi connectivity index (χ2n) is 5.59. The highest BCUT2D eigenvalue weighted by Gasteiger charge is 2.26. The highest BCUT2D eigenvalue weighted by molar-refractivity contribution is 5.84. The average Bonchev–Trinajstić information content (AvgIpc) is 2.65. The van der Waals surface area contributed by atoms with E-state index in [1.165, 1.54) is 6.92 Å². The summed E-state index contributed by atoms with van der Waals surface area (Å²) >= 11 is 0. The van der Waals surface area contributed by atoms with Gasteiger partial charge in [0.1, 0.15) is 0 Å². The van der Waals surface area contributed by atoms with Crippen molar-refractivity contribution in [1.29, 1.82) is 0 Å². The predicted octanol–water partition coefficient (Wildman–Crippen LogP) is 0.0498. The lowest BCUT2D eigenvalue weighted by molar-refractivity contribution is -0.225. The minimum Gasteiger partial charge on any atom is -0.478 e. The molecule has 0 radical (unpaired) electrons. The van der Waals surface area contributed by atoms with Gasteiger partial charge < -0.3 is 39.7 Å². The number of esters is 1. The summed E-state index contributed by atoms with van der Waals surface area (Å²) in [6, 6.07) is 0. The topological polar surface area (TPSA) is 163 Å². The van der Waals surface area contributed by atoms with Gasteiger partial charge in [-0.2, -0.15) is 0 Å². The van der Waals surface area contributed by atoms with Crippen LogP contribution < -0.4 is 0 Å². The van der Waals surface area contributed by atoms with Crippen LogP contribution in [0.15, 0.2) is 24.8 Å². The van der Waals surface area contributed by atoms with Crippen LogP contribution in [0.4, 0.5) is 0 Å². The number of hydrogen-bond acceptors (Lipinski definition) is 9. The number of aliphatic carboxylic acids is 1. The molecule has 0 heterocycles. The highest BCUT2D eigenvalue weighted by atomic mass is 16.8. The Kier molecular flexibility index (Phi) is 20.5. The van der Waals surface area contributed by atoms with Gasteiger partial charge in [-0.3, -0.25) is 0 Å². The first-order valence-electron chi connectivity index (χ1n) is 8.41. The summed E-state index contributed by atoms with van der Waals surface area (Å²) in [5.74, 6) is -1.44. The van der Waals surface area contributed by atoms with E-state index in [-0.39, 0.29) is 11.9 Å². The van der Waals surface area contributed by atoms with Crippen molar-refractivity contribution in [2.45, 2.75) is 40.3 Å². The number of hydrogen-bond donors (Lipinski definition) is 5. The van der Waals surface area contributed by atoms with Gasteiger partial charge in [0.15, 0.2) is 6.29 Å². The molecule has 0 aromatic heterocycles. The van der Waals surface area contributed by atoms with Crippen LogP contribution in [0, 0.1) is 5.41 Å². The smallest absolute Gasteiger partial charge is 0.332 e. The number of ether oxygens (including phenoxy) is 3. The number of carboxylic acids is 1. The summed E-state index contributed by atoms with van der Waals surface area (Å²) in [6.45, 7) is 12.0. The minimum absolute atomic E-state index is 0.176. The molecule has 10 heteroatoms. The largest absolute Gasteiger partial charge is 0.478 e. The summed E-state index contributed by atoms with van der Waals surface area (Å²) in [5.41, 5.74) is -0.935. The van der Waals surface area contributed by atoms with Crippen molar-refractivity contribution in [1.82, 2.24) is 0 Å². The molecule has 5 N–H and O–H groups in total. The second-order valence-corrected chi connectivity index (χ2v) is 5.59. The molecule has 0 rings (SSSR count). The summed E-state index contributed by atoms with van der Waals surface area (Å²) < 4.78 is 15.0. The van der Waals surface area contributed by atoms with Gasteiger partial charge in [0, 0.05) is 18.3 Å². The van der Waals surface area contributed by atoms with Gasteiger partial charge in [-0.15, -0.1) is 0 Å². The molecule has 0 bridgehead atoms. The molecule has 2 atom stereocenters. The molecule has 0 aliphatic carbocycles. The first kappa shape index (κ1) is 30.9. The number of carbonyl (C=O) groups is 2. The van der Waals surface area contributed by atoms with Gasteiger partial charge in [0.25, 0.3) is 0 Å². The van der Waals surface area contributed by atoms with Crippen molar-refractivity contribution < 1.29 is 49.3 Å². The quantitative estimate of drug-likeness (QED) is 0.179. The molecule has 28 heavy (non-hydrogen) atoms. The lowest BCUT2D eigenvalue weighted by Gasteiger charge is -2.23. The average molecular weight is 410 g/mol. The maximum Gasteiger partial charge on any atom is 0.332 e. The van der Waals surface area contributed by atoms with Gasteiger partial charge in [0.2, 0.25) is 6.29 Å². The zero-order valence-corrected chi connectivity index (χ0v) is 17.0. The molecular weight excluding hydrogens is 376 g/mol. The SMILES string of the molecule is C=C(C)C(=O)O.C=CC(=O)OC(C)OC(C)OCC.OCC(CO)(CO)CO. The number of aliphatic hydroxyl groups excluding tert-OH is 4. The first-order chi connectivity index (χ1) is 13.0. The lowest BCUT2D eigenvalue weighted by atomic mass is 9.93. The maximum absolute atomic E-state index is 10.7. The fourth-order valence-electron chi connectivity index (χ4n) is 1.08. The third kappa shape index (κ3) is 17.6. The molecule has 10 nitrogen and oxygen atoms in total. The van der Waals surface area contributed by atoms with Crippen LogP contribution >= 0.6 is 0 Å². The molecule has 0 fully saturated rings. The van der Waals surface area contributed by atoms with Crippen molar-refractivity contribution >= 4 is 11.9 Å². The third-order valence-electron chi connectivity index (χ3n) is 2.94. The van der Waals surface area contributed by atoms with Crippen molar-refractivity contribution in [3.63, 3.8) is 0 Å². The van der Waals surface area contributed by atoms with E-state index >= 15 is 0 Å². The fourth-order valence-corrected chi connectivity index (χ4v) is 1.08. The van der Waals surface area contributed by atoms with E-state index in [1.807, 2.05) is 6.92 Å². The Morgan fingerprint density at radius 2 is 1.43 bits per heavy atom. The van der Waals surface area contributed by atoms with Gasteiger partial charge in [-0.25, -0.2) is 9.59 Å². The Bertz CT molecular complexity index is 416. The summed E-state index contributed by atoms with van der Waals surface area (Å²) in [4.78, 5) is 20.3. The van der Waals surface area contributed by atoms with Gasteiger partial charge >= 0.3 is 11.9 Å². The third-order valence-corrected chi connectivity index (χ3v) is 2.94. The predicted molar refractivity (Wildman–Crippen MR) is 101 cm³/mol. The van der Waals surface area contributed by atoms with Crippen molar-refractivity contribution in [3.8, 4) is 0 Å². The maximum atomic E-state index is 10.7. The minimum atomic E-state index is -1.11. The molecule has 166 valence electrons. The highest BCUT2D eigenvalue weighted by Crippen LogP contribution is 2.11. The molecular formula is C18H34O10. The molecule has 0 spiro atoms. The Balaban J connectivity index is -0.000000362. The van der Waals surface area contributed by atoms with Crippen LogP contribution in [-0.2, 0) is 23.8 Å². The van der Waals surface area contributed by atoms with Crippen molar-refractivity contribution in [2.24, 2.45) is 5.41 Å². The molecule has 0 amide bonds. The van der Waals surface area contributed by atoms with Crippen LogP contribution in [0.25, 0.3) is 0 Å². The summed E-state index contributed by atoms with van der Waals surface area (Å²) in [7, 11) is 0. The van der Waals surface area contributed by atoms with E-state index in [1.54, 1.807) is 13.8 Å². The fraction of sp³-hybridized carbons (Fsp3) is 0.667. The zero-order chi connectivity index (χ0) is 22.8. The number of carboxylic acid groups (broad SMARTS) is 1. The standard InChI is InChI=1S/C9H16O4.C5H12O4.C4H6O2/c1-5-9(10)13-8(4)12-7(3)11-6-2;6-1-5(2-7,3-8)4-9;1-3(2)4(5)6/h5,7-8H,1,6H2,2-4H3;6-9H,1-4H2;1H2,2H3,(H,5,6). The second kappa shape index (κ2) is 18.5. The normalized spacial score (nSPS) is 12.3. The van der Waals surface area contributed by atoms with Crippen LogP contribution in [0.3, 0.4) is 0 Å². The van der Waals surface area contributed by atoms with Crippen molar-refractivity contribution in [2.75, 3.05) is 33.0 Å².